The van der Waals surface area contributed by atoms with E-state index >= 15 is 4.39 Å². The first-order valence-electron chi connectivity index (χ1n) is 8.66. The molecule has 0 radical (unpaired) electrons. The molecule has 0 bridgehead atoms. The molecule has 3 heterocycles. The van der Waals surface area contributed by atoms with Crippen molar-refractivity contribution in [3.05, 3.63) is 33.1 Å². The smallest absolute Gasteiger partial charge is 0.451 e. The SMILES string of the molecule is CCC(CC)SC(=O)OC[C@@]1(F)O[C@@H](n2ccc(=O)[nH]c2=O)[C@@H]2OC(=O)O[C@@H]21. The van der Waals surface area contributed by atoms with Crippen molar-refractivity contribution in [2.75, 3.05) is 6.61 Å². The number of hydrogen-bond acceptors (Lipinski definition) is 9. The van der Waals surface area contributed by atoms with Gasteiger partial charge in [-0.3, -0.25) is 14.3 Å². The Balaban J connectivity index is 1.77. The van der Waals surface area contributed by atoms with Gasteiger partial charge >= 0.3 is 17.1 Å². The second kappa shape index (κ2) is 7.95. The van der Waals surface area contributed by atoms with E-state index in [-0.39, 0.29) is 5.25 Å². The molecule has 3 rings (SSSR count). The van der Waals surface area contributed by atoms with Gasteiger partial charge in [0.05, 0.1) is 0 Å². The largest absolute Gasteiger partial charge is 0.509 e. The monoisotopic (exact) mass is 418 g/mol. The van der Waals surface area contributed by atoms with Gasteiger partial charge in [-0.05, 0) is 24.6 Å². The summed E-state index contributed by atoms with van der Waals surface area (Å²) in [7, 11) is 0. The van der Waals surface area contributed by atoms with Crippen LogP contribution >= 0.6 is 11.8 Å². The number of rotatable bonds is 6. The molecule has 0 amide bonds. The molecule has 0 unspecified atom stereocenters. The van der Waals surface area contributed by atoms with Crippen molar-refractivity contribution in [1.82, 2.24) is 9.55 Å². The van der Waals surface area contributed by atoms with Crippen LogP contribution in [0.25, 0.3) is 0 Å². The number of halogens is 1. The maximum atomic E-state index is 15.4. The van der Waals surface area contributed by atoms with Gasteiger partial charge in [0.1, 0.15) is 0 Å². The van der Waals surface area contributed by atoms with E-state index in [0.29, 0.717) is 0 Å². The topological polar surface area (TPSA) is 126 Å². The third-order valence-corrected chi connectivity index (χ3v) is 5.77. The van der Waals surface area contributed by atoms with E-state index in [4.69, 9.17) is 18.9 Å². The first kappa shape index (κ1) is 20.4. The van der Waals surface area contributed by atoms with Gasteiger partial charge in [-0.15, -0.1) is 0 Å². The van der Waals surface area contributed by atoms with Crippen LogP contribution in [0.3, 0.4) is 0 Å². The lowest BCUT2D eigenvalue weighted by Gasteiger charge is -2.23. The van der Waals surface area contributed by atoms with Gasteiger partial charge in [-0.1, -0.05) is 13.8 Å². The summed E-state index contributed by atoms with van der Waals surface area (Å²) in [6, 6.07) is 1.03. The molecule has 2 saturated heterocycles. The Morgan fingerprint density at radius 3 is 2.71 bits per heavy atom. The molecule has 1 aromatic heterocycles. The first-order valence-corrected chi connectivity index (χ1v) is 9.54. The molecule has 10 nitrogen and oxygen atoms in total. The third kappa shape index (κ3) is 3.92. The predicted octanol–water partition coefficient (Wildman–Crippen LogP) is 1.69. The number of fused-ring (bicyclic) bond motifs is 1. The Kier molecular flexibility index (Phi) is 5.79. The summed E-state index contributed by atoms with van der Waals surface area (Å²) in [4.78, 5) is 48.7. The standard InChI is InChI=1S/C16H19FN2O8S/c1-3-8(4-2)28-15(23)24-7-16(17)11-10(25-14(22)26-11)12(27-16)19-6-5-9(20)18-13(19)21/h5-6,8,10-12H,3-4,7H2,1-2H3,(H,18,20,21)/t10-,11+,12-,16-/m1/s1. The average molecular weight is 418 g/mol. The Bertz CT molecular complexity index is 869. The van der Waals surface area contributed by atoms with Crippen molar-refractivity contribution in [1.29, 1.82) is 0 Å². The Hall–Kier alpha value is -2.34. The van der Waals surface area contributed by atoms with Gasteiger partial charge in [-0.25, -0.2) is 18.8 Å². The van der Waals surface area contributed by atoms with Crippen LogP contribution in [0.5, 0.6) is 0 Å². The number of nitrogens with zero attached hydrogens (tertiary/aromatic N) is 1. The number of aromatic amines is 1. The van der Waals surface area contributed by atoms with E-state index in [2.05, 4.69) is 0 Å². The van der Waals surface area contributed by atoms with E-state index in [9.17, 15) is 19.2 Å². The van der Waals surface area contributed by atoms with E-state index in [1.54, 1.807) is 0 Å². The van der Waals surface area contributed by atoms with Gasteiger partial charge < -0.3 is 18.9 Å². The van der Waals surface area contributed by atoms with Crippen LogP contribution in [0.4, 0.5) is 14.0 Å². The van der Waals surface area contributed by atoms with Crippen molar-refractivity contribution >= 4 is 23.2 Å². The van der Waals surface area contributed by atoms with Crippen molar-refractivity contribution in [2.45, 2.75) is 56.2 Å². The van der Waals surface area contributed by atoms with Crippen molar-refractivity contribution in [2.24, 2.45) is 0 Å². The number of nitrogens with one attached hydrogen (secondary N) is 1. The average Bonchev–Trinajstić information content (AvgIpc) is 3.16. The van der Waals surface area contributed by atoms with Gasteiger partial charge in [0.2, 0.25) is 6.10 Å². The molecule has 0 saturated carbocycles. The van der Waals surface area contributed by atoms with Gasteiger partial charge in [0.15, 0.2) is 18.9 Å². The molecule has 1 aromatic rings. The fourth-order valence-corrected chi connectivity index (χ4v) is 3.72. The number of ether oxygens (including phenoxy) is 4. The van der Waals surface area contributed by atoms with Crippen LogP contribution < -0.4 is 11.2 Å². The zero-order chi connectivity index (χ0) is 20.5. The van der Waals surface area contributed by atoms with Crippen LogP contribution in [0.1, 0.15) is 32.9 Å². The Morgan fingerprint density at radius 2 is 2.07 bits per heavy atom. The number of H-pyrrole nitrogens is 1. The molecule has 2 aliphatic heterocycles. The highest BCUT2D eigenvalue weighted by Crippen LogP contribution is 2.44. The molecular formula is C16H19FN2O8S. The number of carbonyl (C=O) groups is 2. The van der Waals surface area contributed by atoms with E-state index in [1.165, 1.54) is 0 Å². The molecule has 154 valence electrons. The molecular weight excluding hydrogens is 399 g/mol. The Morgan fingerprint density at radius 1 is 1.36 bits per heavy atom. The summed E-state index contributed by atoms with van der Waals surface area (Å²) in [5.74, 6) is -2.72. The van der Waals surface area contributed by atoms with Crippen LogP contribution in [0, 0.1) is 0 Å². The highest BCUT2D eigenvalue weighted by molar-refractivity contribution is 8.13. The second-order valence-electron chi connectivity index (χ2n) is 6.28. The molecule has 12 heteroatoms. The molecule has 2 fully saturated rings. The van der Waals surface area contributed by atoms with Crippen LogP contribution in [0.15, 0.2) is 21.9 Å². The Labute approximate surface area is 162 Å². The quantitative estimate of drug-likeness (QED) is 0.687. The number of thioether (sulfide) groups is 1. The molecule has 0 spiro atoms. The lowest BCUT2D eigenvalue weighted by molar-refractivity contribution is -0.209. The third-order valence-electron chi connectivity index (χ3n) is 4.46. The minimum atomic E-state index is -2.72. The normalized spacial score (nSPS) is 28.7. The maximum Gasteiger partial charge on any atom is 0.509 e. The first-order chi connectivity index (χ1) is 13.3. The number of carbonyl (C=O) groups excluding carboxylic acids is 2. The second-order valence-corrected chi connectivity index (χ2v) is 7.51. The van der Waals surface area contributed by atoms with Crippen LogP contribution in [0.2, 0.25) is 0 Å². The summed E-state index contributed by atoms with van der Waals surface area (Å²) in [5, 5.41) is -0.666. The highest BCUT2D eigenvalue weighted by atomic mass is 32.2. The van der Waals surface area contributed by atoms with E-state index in [1.807, 2.05) is 18.8 Å². The maximum absolute atomic E-state index is 15.4. The van der Waals surface area contributed by atoms with Gasteiger partial charge in [0, 0.05) is 17.5 Å². The lowest BCUT2D eigenvalue weighted by Crippen LogP contribution is -2.42. The minimum Gasteiger partial charge on any atom is -0.451 e. The van der Waals surface area contributed by atoms with Gasteiger partial charge in [0.25, 0.3) is 11.4 Å². The fourth-order valence-electron chi connectivity index (χ4n) is 2.99. The van der Waals surface area contributed by atoms with Crippen molar-refractivity contribution < 1.29 is 32.9 Å². The summed E-state index contributed by atoms with van der Waals surface area (Å²) in [6.45, 7) is 2.97. The zero-order valence-corrected chi connectivity index (χ0v) is 15.9. The molecule has 2 aliphatic rings. The number of alkyl halides is 1. The van der Waals surface area contributed by atoms with Crippen molar-refractivity contribution in [3.8, 4) is 0 Å². The molecule has 0 aromatic carbocycles. The molecule has 4 atom stereocenters. The summed E-state index contributed by atoms with van der Waals surface area (Å²) < 4.78 is 36.2. The number of hydrogen-bond donors (Lipinski definition) is 1. The minimum absolute atomic E-state index is 0.0282. The van der Waals surface area contributed by atoms with E-state index < -0.39 is 53.6 Å². The lowest BCUT2D eigenvalue weighted by atomic mass is 10.1. The summed E-state index contributed by atoms with van der Waals surface area (Å²) in [5.41, 5.74) is -1.54. The van der Waals surface area contributed by atoms with Gasteiger partial charge in [-0.2, -0.15) is 0 Å². The molecule has 28 heavy (non-hydrogen) atoms. The molecule has 1 N–H and O–H groups in total. The molecule has 0 aliphatic carbocycles. The van der Waals surface area contributed by atoms with Crippen LogP contribution in [-0.4, -0.2) is 50.9 Å². The van der Waals surface area contributed by atoms with E-state index in [0.717, 1.165) is 41.4 Å². The van der Waals surface area contributed by atoms with Crippen molar-refractivity contribution in [3.63, 3.8) is 0 Å². The number of aromatic nitrogens is 2. The summed E-state index contributed by atoms with van der Waals surface area (Å²) in [6.07, 6.45) is -2.84. The van der Waals surface area contributed by atoms with Crippen LogP contribution in [-0.2, 0) is 18.9 Å². The predicted molar refractivity (Wildman–Crippen MR) is 93.7 cm³/mol. The highest BCUT2D eigenvalue weighted by Gasteiger charge is 2.65. The summed E-state index contributed by atoms with van der Waals surface area (Å²) >= 11 is 0.937. The zero-order valence-electron chi connectivity index (χ0n) is 15.1. The fraction of sp³-hybridized carbons (Fsp3) is 0.625.